The van der Waals surface area contributed by atoms with Crippen LogP contribution in [0.4, 0.5) is 0 Å². The zero-order valence-corrected chi connectivity index (χ0v) is 28.3. The molecule has 4 heteroatoms. The predicted octanol–water partition coefficient (Wildman–Crippen LogP) is 10.5. The third-order valence-corrected chi connectivity index (χ3v) is 20.2. The van der Waals surface area contributed by atoms with Crippen LogP contribution >= 0.6 is 24.8 Å². The monoisotopic (exact) mass is 576 g/mol. The predicted molar refractivity (Wildman–Crippen MR) is 163 cm³/mol. The van der Waals surface area contributed by atoms with Crippen molar-refractivity contribution in [3.63, 3.8) is 0 Å². The Hall–Kier alpha value is -0.569. The largest absolute Gasteiger partial charge is 0.147 e. The quantitative estimate of drug-likeness (QED) is 0.317. The average molecular weight is 578 g/mol. The van der Waals surface area contributed by atoms with E-state index >= 15 is 0 Å². The first-order valence-electron chi connectivity index (χ1n) is 13.3. The third-order valence-electron chi connectivity index (χ3n) is 7.94. The molecule has 0 bridgehead atoms. The second-order valence-corrected chi connectivity index (χ2v) is 24.6. The Morgan fingerprint density at radius 1 is 0.778 bits per heavy atom. The first kappa shape index (κ1) is 31.6. The summed E-state index contributed by atoms with van der Waals surface area (Å²) in [5.41, 5.74) is 13.1. The Kier molecular flexibility index (Phi) is 10.3. The minimum atomic E-state index is -1.61. The van der Waals surface area contributed by atoms with Crippen LogP contribution in [0.1, 0.15) is 101 Å². The van der Waals surface area contributed by atoms with Crippen molar-refractivity contribution in [1.82, 2.24) is 0 Å². The van der Waals surface area contributed by atoms with Crippen LogP contribution in [0, 0.1) is 0 Å². The van der Waals surface area contributed by atoms with Gasteiger partial charge in [0.15, 0.2) is 0 Å². The summed E-state index contributed by atoms with van der Waals surface area (Å²) in [6.07, 6.45) is 5.79. The molecule has 0 N–H and O–H groups in total. The maximum atomic E-state index is 2.63. The van der Waals surface area contributed by atoms with E-state index in [0.717, 1.165) is 0 Å². The van der Waals surface area contributed by atoms with Crippen molar-refractivity contribution in [2.75, 3.05) is 0 Å². The molecule has 0 saturated carbocycles. The van der Waals surface area contributed by atoms with Crippen molar-refractivity contribution in [2.24, 2.45) is 0 Å². The van der Waals surface area contributed by atoms with Gasteiger partial charge >= 0.3 is 216 Å². The summed E-state index contributed by atoms with van der Waals surface area (Å²) in [5.74, 6) is 0. The topological polar surface area (TPSA) is 0 Å². The number of allylic oxidation sites excluding steroid dienone is 4. The van der Waals surface area contributed by atoms with Gasteiger partial charge in [-0.3, -0.25) is 0 Å². The fraction of sp³-hybridized carbons (Fsp3) is 0.500. The molecule has 0 saturated heterocycles. The van der Waals surface area contributed by atoms with Crippen molar-refractivity contribution in [2.45, 2.75) is 103 Å². The zero-order valence-electron chi connectivity index (χ0n) is 24.1. The summed E-state index contributed by atoms with van der Waals surface area (Å²) in [6.45, 7) is 24.2. The first-order chi connectivity index (χ1) is 15.9. The van der Waals surface area contributed by atoms with Crippen LogP contribution in [0.5, 0.6) is 0 Å². The number of halogens is 2. The number of benzene rings is 2. The normalized spacial score (nSPS) is 15.1. The van der Waals surface area contributed by atoms with Crippen molar-refractivity contribution in [1.29, 1.82) is 0 Å². The van der Waals surface area contributed by atoms with Crippen LogP contribution in [-0.2, 0) is 27.4 Å². The summed E-state index contributed by atoms with van der Waals surface area (Å²) < 4.78 is 2.56. The zero-order chi connectivity index (χ0) is 25.0. The molecule has 196 valence electrons. The van der Waals surface area contributed by atoms with Crippen LogP contribution < -0.4 is 0 Å². The molecule has 2 aliphatic carbocycles. The number of hydrogen-bond acceptors (Lipinski definition) is 0. The van der Waals surface area contributed by atoms with E-state index in [1.807, 2.05) is 3.88 Å². The molecule has 0 atom stereocenters. The Labute approximate surface area is 239 Å². The van der Waals surface area contributed by atoms with Gasteiger partial charge < -0.3 is 0 Å². The molecule has 2 aromatic carbocycles. The van der Waals surface area contributed by atoms with Crippen LogP contribution in [0.2, 0.25) is 13.1 Å². The van der Waals surface area contributed by atoms with E-state index < -0.39 is 22.8 Å². The van der Waals surface area contributed by atoms with E-state index in [-0.39, 0.29) is 35.6 Å². The Morgan fingerprint density at radius 3 is 1.61 bits per heavy atom. The average Bonchev–Trinajstić information content (AvgIpc) is 3.31. The van der Waals surface area contributed by atoms with Gasteiger partial charge in [0.2, 0.25) is 0 Å². The van der Waals surface area contributed by atoms with Crippen LogP contribution in [0.15, 0.2) is 57.5 Å². The van der Waals surface area contributed by atoms with E-state index in [4.69, 9.17) is 0 Å². The van der Waals surface area contributed by atoms with Crippen molar-refractivity contribution < 1.29 is 16.6 Å². The molecule has 2 aliphatic rings. The second-order valence-electron chi connectivity index (χ2n) is 12.5. The van der Waals surface area contributed by atoms with Crippen molar-refractivity contribution in [3.05, 3.63) is 79.8 Å². The molecule has 0 nitrogen and oxygen atoms in total. The van der Waals surface area contributed by atoms with Gasteiger partial charge in [0.1, 0.15) is 0 Å². The summed E-state index contributed by atoms with van der Waals surface area (Å²) >= 11 is -1.61. The minimum absolute atomic E-state index is 0. The van der Waals surface area contributed by atoms with Gasteiger partial charge in [0.25, 0.3) is 0 Å². The van der Waals surface area contributed by atoms with E-state index in [1.165, 1.54) is 41.5 Å². The maximum Gasteiger partial charge on any atom is -0.147 e. The van der Waals surface area contributed by atoms with Gasteiger partial charge in [0.05, 0.1) is 0 Å². The molecule has 0 spiro atoms. The van der Waals surface area contributed by atoms with Crippen molar-refractivity contribution >= 4 is 31.0 Å². The van der Waals surface area contributed by atoms with E-state index in [1.54, 1.807) is 22.3 Å². The maximum absolute atomic E-state index is 2.63. The third kappa shape index (κ3) is 5.72. The first-order valence-corrected chi connectivity index (χ1v) is 19.8. The number of rotatable bonds is 4. The Balaban J connectivity index is 0.00000228. The van der Waals surface area contributed by atoms with E-state index in [0.29, 0.717) is 4.22 Å². The van der Waals surface area contributed by atoms with Gasteiger partial charge in [-0.05, 0) is 0 Å². The van der Waals surface area contributed by atoms with E-state index in [2.05, 4.69) is 111 Å². The molecular weight excluding hydrogens is 531 g/mol. The molecule has 0 fully saturated rings. The van der Waals surface area contributed by atoms with Crippen LogP contribution in [0.3, 0.4) is 0 Å². The SMILES string of the molecule is CCC1=CC[C]([Ti]([CH]2c3cc(C(C)(C)C)ccc3-c3ccc(C(C)(C)C)cc32)=[Si](C)C)=C1CC.Cl.Cl. The van der Waals surface area contributed by atoms with Gasteiger partial charge in [-0.25, -0.2) is 0 Å². The Bertz CT molecular complexity index is 1170. The molecule has 0 radical (unpaired) electrons. The number of fused-ring (bicyclic) bond motifs is 3. The molecule has 4 rings (SSSR count). The molecule has 0 amide bonds. The summed E-state index contributed by atoms with van der Waals surface area (Å²) in [4.78, 5) is 0. The molecule has 2 aromatic rings. The Morgan fingerprint density at radius 2 is 1.25 bits per heavy atom. The molecule has 0 heterocycles. The molecule has 0 aromatic heterocycles. The van der Waals surface area contributed by atoms with Gasteiger partial charge in [0, 0.05) is 0 Å². The fourth-order valence-corrected chi connectivity index (χ4v) is 18.8. The molecule has 36 heavy (non-hydrogen) atoms. The van der Waals surface area contributed by atoms with Gasteiger partial charge in [-0.15, -0.1) is 24.8 Å². The van der Waals surface area contributed by atoms with Crippen LogP contribution in [-0.4, -0.2) is 6.19 Å². The van der Waals surface area contributed by atoms with E-state index in [9.17, 15) is 0 Å². The number of hydrogen-bond donors (Lipinski definition) is 0. The fourth-order valence-electron chi connectivity index (χ4n) is 6.01. The summed E-state index contributed by atoms with van der Waals surface area (Å²) in [6, 6.07) is 14.9. The molecular formula is C32H46Cl2SiTi. The van der Waals surface area contributed by atoms with Gasteiger partial charge in [-0.1, -0.05) is 0 Å². The standard InChI is InChI=1S/C21H25.C9H13.C2H6Si.2ClH.Ti/c1-20(2,3)16-7-9-18-14(12-16)11-15-13-17(21(4,5)6)8-10-19(15)18;1-3-8-6-5-7-9(8)4-2;1-3-2;;;/h7-13H,1-6H3;6H,3-5H2,1-2H3;1-2H3;2*1H;. The molecule has 0 aliphatic heterocycles. The second kappa shape index (κ2) is 11.7. The smallest absolute Gasteiger partial charge is 0.147 e. The summed E-state index contributed by atoms with van der Waals surface area (Å²) in [5, 5.41) is 0. The summed E-state index contributed by atoms with van der Waals surface area (Å²) in [7, 11) is 0. The van der Waals surface area contributed by atoms with Crippen molar-refractivity contribution in [3.8, 4) is 11.1 Å². The van der Waals surface area contributed by atoms with Crippen LogP contribution in [0.25, 0.3) is 11.1 Å². The molecule has 0 unspecified atom stereocenters. The minimum Gasteiger partial charge on any atom is -0.147 e. The van der Waals surface area contributed by atoms with Gasteiger partial charge in [-0.2, -0.15) is 0 Å².